The first-order chi connectivity index (χ1) is 11.0. The molecule has 114 valence electrons. The van der Waals surface area contributed by atoms with Gasteiger partial charge in [0.2, 0.25) is 0 Å². The van der Waals surface area contributed by atoms with E-state index in [2.05, 4.69) is 4.98 Å². The van der Waals surface area contributed by atoms with E-state index in [1.165, 1.54) is 23.0 Å². The van der Waals surface area contributed by atoms with Crippen LogP contribution >= 0.6 is 0 Å². The van der Waals surface area contributed by atoms with Crippen molar-refractivity contribution in [2.24, 2.45) is 7.05 Å². The molecule has 0 saturated carbocycles. The zero-order chi connectivity index (χ0) is 16.6. The van der Waals surface area contributed by atoms with Crippen LogP contribution in [0.2, 0.25) is 0 Å². The zero-order valence-electron chi connectivity index (χ0n) is 12.1. The fourth-order valence-electron chi connectivity index (χ4n) is 2.15. The third-order valence-electron chi connectivity index (χ3n) is 3.34. The summed E-state index contributed by atoms with van der Waals surface area (Å²) in [7, 11) is 1.58. The fourth-order valence-corrected chi connectivity index (χ4v) is 2.15. The molecule has 1 aromatic heterocycles. The second-order valence-corrected chi connectivity index (χ2v) is 4.87. The summed E-state index contributed by atoms with van der Waals surface area (Å²) in [5.74, 6) is 1.23. The highest BCUT2D eigenvalue weighted by Gasteiger charge is 2.21. The Kier molecular flexibility index (Phi) is 3.48. The van der Waals surface area contributed by atoms with Crippen LogP contribution in [-0.4, -0.2) is 21.1 Å². The molecule has 0 unspecified atom stereocenters. The second kappa shape index (κ2) is 5.47. The Hall–Kier alpha value is -3.31. The number of hydrogen-bond acceptors (Lipinski definition) is 5. The predicted molar refractivity (Wildman–Crippen MR) is 83.9 cm³/mol. The van der Waals surface area contributed by atoms with Gasteiger partial charge in [-0.05, 0) is 36.2 Å². The molecular formula is C16H11FN4O2. The molecule has 0 amide bonds. The normalized spacial score (nSPS) is 14.3. The van der Waals surface area contributed by atoms with Gasteiger partial charge in [0.15, 0.2) is 11.6 Å². The van der Waals surface area contributed by atoms with Crippen molar-refractivity contribution < 1.29 is 9.13 Å². The standard InChI is InChI=1S/C16H11FN4O2/c1-21-8-20-14-5-2-9(6-10(14)16(21)22)23-15-11(7-18)13(19)4-3-12(15)17/h2-6,8,18-19H,1H3. The first-order valence-electron chi connectivity index (χ1n) is 6.61. The first kappa shape index (κ1) is 14.6. The molecule has 2 N–H and O–H groups in total. The van der Waals surface area contributed by atoms with Crippen molar-refractivity contribution >= 4 is 22.5 Å². The van der Waals surface area contributed by atoms with E-state index < -0.39 is 5.83 Å². The fraction of sp³-hybridized carbons (Fsp3) is 0.0625. The van der Waals surface area contributed by atoms with Crippen LogP contribution in [0.3, 0.4) is 0 Å². The lowest BCUT2D eigenvalue weighted by Crippen LogP contribution is -2.17. The van der Waals surface area contributed by atoms with Crippen LogP contribution in [0.1, 0.15) is 0 Å². The Bertz CT molecular complexity index is 1010. The van der Waals surface area contributed by atoms with Gasteiger partial charge in [0, 0.05) is 7.05 Å². The molecule has 1 aliphatic carbocycles. The van der Waals surface area contributed by atoms with E-state index in [1.54, 1.807) is 19.2 Å². The summed E-state index contributed by atoms with van der Waals surface area (Å²) in [6, 6.07) is 4.58. The molecule has 0 spiro atoms. The van der Waals surface area contributed by atoms with E-state index in [1.807, 2.05) is 5.87 Å². The van der Waals surface area contributed by atoms with Gasteiger partial charge in [-0.3, -0.25) is 15.6 Å². The van der Waals surface area contributed by atoms with E-state index in [9.17, 15) is 9.18 Å². The largest absolute Gasteiger partial charge is 0.453 e. The third kappa shape index (κ3) is 2.49. The minimum absolute atomic E-state index is 0.0743. The molecule has 1 heterocycles. The van der Waals surface area contributed by atoms with E-state index in [0.717, 1.165) is 6.08 Å². The highest BCUT2D eigenvalue weighted by atomic mass is 19.1. The van der Waals surface area contributed by atoms with Crippen molar-refractivity contribution in [3.63, 3.8) is 0 Å². The van der Waals surface area contributed by atoms with Gasteiger partial charge in [0.1, 0.15) is 11.3 Å². The van der Waals surface area contributed by atoms with Crippen LogP contribution in [0, 0.1) is 10.8 Å². The Labute approximate surface area is 129 Å². The van der Waals surface area contributed by atoms with Crippen molar-refractivity contribution in [3.8, 4) is 5.75 Å². The van der Waals surface area contributed by atoms with E-state index in [-0.39, 0.29) is 28.4 Å². The first-order valence-corrected chi connectivity index (χ1v) is 6.61. The lowest BCUT2D eigenvalue weighted by atomic mass is 10.0. The molecule has 3 rings (SSSR count). The zero-order valence-corrected chi connectivity index (χ0v) is 12.1. The maximum absolute atomic E-state index is 14.0. The molecule has 0 aliphatic heterocycles. The maximum Gasteiger partial charge on any atom is 0.261 e. The number of rotatable bonds is 2. The summed E-state index contributed by atoms with van der Waals surface area (Å²) in [4.78, 5) is 16.2. The SMILES string of the molecule is Cn1cnc2ccc(OC3=C(F)C=CC(=N)C3=C=N)cc2c1=O. The molecule has 23 heavy (non-hydrogen) atoms. The Morgan fingerprint density at radius 3 is 2.87 bits per heavy atom. The molecule has 1 aromatic carbocycles. The number of aryl methyl sites for hydroxylation is 1. The van der Waals surface area contributed by atoms with Crippen LogP contribution in [0.4, 0.5) is 4.39 Å². The number of nitrogens with zero attached hydrogens (tertiary/aromatic N) is 2. The average molecular weight is 310 g/mol. The van der Waals surface area contributed by atoms with Gasteiger partial charge >= 0.3 is 0 Å². The van der Waals surface area contributed by atoms with Crippen molar-refractivity contribution in [2.45, 2.75) is 0 Å². The summed E-state index contributed by atoms with van der Waals surface area (Å²) in [5.41, 5.74) is 0.0713. The lowest BCUT2D eigenvalue weighted by molar-refractivity contribution is 0.416. The molecule has 0 radical (unpaired) electrons. The van der Waals surface area contributed by atoms with E-state index in [4.69, 9.17) is 15.6 Å². The minimum Gasteiger partial charge on any atom is -0.453 e. The van der Waals surface area contributed by atoms with Gasteiger partial charge in [-0.2, -0.15) is 0 Å². The number of hydrogen-bond donors (Lipinski definition) is 2. The summed E-state index contributed by atoms with van der Waals surface area (Å²) in [6.45, 7) is 0. The van der Waals surface area contributed by atoms with Crippen LogP contribution in [-0.2, 0) is 7.05 Å². The molecule has 6 nitrogen and oxygen atoms in total. The number of ether oxygens (including phenoxy) is 1. The topological polar surface area (TPSA) is 91.8 Å². The van der Waals surface area contributed by atoms with Crippen LogP contribution < -0.4 is 10.3 Å². The second-order valence-electron chi connectivity index (χ2n) is 4.87. The average Bonchev–Trinajstić information content (AvgIpc) is 2.55. The van der Waals surface area contributed by atoms with Crippen molar-refractivity contribution in [2.75, 3.05) is 0 Å². The van der Waals surface area contributed by atoms with E-state index >= 15 is 0 Å². The van der Waals surface area contributed by atoms with Crippen LogP contribution in [0.15, 0.2) is 58.6 Å². The van der Waals surface area contributed by atoms with E-state index in [0.29, 0.717) is 10.9 Å². The Morgan fingerprint density at radius 2 is 2.13 bits per heavy atom. The molecule has 0 bridgehead atoms. The number of allylic oxidation sites excluding steroid dienone is 4. The van der Waals surface area contributed by atoms with Crippen LogP contribution in [0.25, 0.3) is 10.9 Å². The van der Waals surface area contributed by atoms with Gasteiger partial charge in [-0.1, -0.05) is 0 Å². The molecule has 1 aliphatic rings. The molecule has 0 atom stereocenters. The predicted octanol–water partition coefficient (Wildman–Crippen LogP) is 2.26. The highest BCUT2D eigenvalue weighted by molar-refractivity contribution is 6.15. The third-order valence-corrected chi connectivity index (χ3v) is 3.34. The molecule has 0 fully saturated rings. The van der Waals surface area contributed by atoms with Gasteiger partial charge < -0.3 is 9.30 Å². The van der Waals surface area contributed by atoms with Gasteiger partial charge in [0.25, 0.3) is 5.56 Å². The minimum atomic E-state index is -0.713. The van der Waals surface area contributed by atoms with Gasteiger partial charge in [-0.15, -0.1) is 0 Å². The molecule has 0 saturated heterocycles. The Morgan fingerprint density at radius 1 is 1.35 bits per heavy atom. The van der Waals surface area contributed by atoms with Crippen molar-refractivity contribution in [1.29, 1.82) is 10.8 Å². The summed E-state index contributed by atoms with van der Waals surface area (Å²) >= 11 is 0. The number of aromatic nitrogens is 2. The summed E-state index contributed by atoms with van der Waals surface area (Å²) in [5, 5.41) is 15.2. The van der Waals surface area contributed by atoms with Crippen molar-refractivity contribution in [3.05, 3.63) is 64.2 Å². The number of nitrogens with one attached hydrogen (secondary N) is 2. The van der Waals surface area contributed by atoms with Crippen molar-refractivity contribution in [1.82, 2.24) is 9.55 Å². The highest BCUT2D eigenvalue weighted by Crippen LogP contribution is 2.27. The number of benzene rings is 1. The Balaban J connectivity index is 2.10. The quantitative estimate of drug-likeness (QED) is 0.833. The van der Waals surface area contributed by atoms with Gasteiger partial charge in [-0.25, -0.2) is 9.37 Å². The number of fused-ring (bicyclic) bond motifs is 1. The summed E-state index contributed by atoms with van der Waals surface area (Å²) in [6.07, 6.45) is 3.72. The smallest absolute Gasteiger partial charge is 0.261 e. The molecular weight excluding hydrogens is 299 g/mol. The lowest BCUT2D eigenvalue weighted by Gasteiger charge is -2.14. The van der Waals surface area contributed by atoms with Gasteiger partial charge in [0.05, 0.1) is 22.9 Å². The van der Waals surface area contributed by atoms with Crippen LogP contribution in [0.5, 0.6) is 5.75 Å². The molecule has 2 aromatic rings. The maximum atomic E-state index is 14.0. The monoisotopic (exact) mass is 310 g/mol. The summed E-state index contributed by atoms with van der Waals surface area (Å²) < 4.78 is 20.7. The number of halogens is 1. The molecule has 7 heteroatoms.